The number of rotatable bonds is 5. The number of nitrogens with one attached hydrogen (secondary N) is 2. The SMILES string of the molecule is CC(C)(C)OC(=O)N1CCC(C(=O)NC(=N)[C@@H]2CC[C@@H]3CN2C(=O)N3OCc2ccccc2)CC1. The van der Waals surface area contributed by atoms with Crippen LogP contribution in [-0.2, 0) is 21.0 Å². The molecule has 3 saturated heterocycles. The average molecular weight is 486 g/mol. The Balaban J connectivity index is 1.26. The number of piperidine rings is 2. The predicted octanol–water partition coefficient (Wildman–Crippen LogP) is 3.13. The first-order valence-electron chi connectivity index (χ1n) is 12.3. The molecule has 3 heterocycles. The number of urea groups is 1. The van der Waals surface area contributed by atoms with Gasteiger partial charge in [-0.05, 0) is 52.0 Å². The minimum absolute atomic E-state index is 0.0429. The molecule has 190 valence electrons. The Morgan fingerprint density at radius 3 is 2.43 bits per heavy atom. The van der Waals surface area contributed by atoms with E-state index in [-0.39, 0.29) is 35.8 Å². The van der Waals surface area contributed by atoms with Crippen LogP contribution in [0.25, 0.3) is 0 Å². The Bertz CT molecular complexity index is 955. The number of likely N-dealkylation sites (tertiary alicyclic amines) is 1. The first kappa shape index (κ1) is 25.0. The average Bonchev–Trinajstić information content (AvgIpc) is 3.06. The van der Waals surface area contributed by atoms with Gasteiger partial charge in [0, 0.05) is 25.6 Å². The zero-order valence-corrected chi connectivity index (χ0v) is 20.7. The minimum atomic E-state index is -0.561. The maximum atomic E-state index is 13.0. The fourth-order valence-electron chi connectivity index (χ4n) is 4.79. The summed E-state index contributed by atoms with van der Waals surface area (Å²) in [4.78, 5) is 47.1. The maximum Gasteiger partial charge on any atom is 0.410 e. The van der Waals surface area contributed by atoms with E-state index in [1.54, 1.807) is 9.80 Å². The zero-order valence-electron chi connectivity index (χ0n) is 20.7. The number of carbonyl (C=O) groups is 3. The van der Waals surface area contributed by atoms with Gasteiger partial charge >= 0.3 is 12.1 Å². The number of ether oxygens (including phenoxy) is 1. The van der Waals surface area contributed by atoms with Gasteiger partial charge in [0.05, 0.1) is 12.1 Å². The van der Waals surface area contributed by atoms with Crippen molar-refractivity contribution in [2.45, 2.75) is 70.7 Å². The third-order valence-electron chi connectivity index (χ3n) is 6.64. The summed E-state index contributed by atoms with van der Waals surface area (Å²) in [7, 11) is 0. The van der Waals surface area contributed by atoms with Gasteiger partial charge in [-0.2, -0.15) is 5.06 Å². The molecule has 0 aromatic heterocycles. The van der Waals surface area contributed by atoms with Gasteiger partial charge < -0.3 is 19.9 Å². The highest BCUT2D eigenvalue weighted by Gasteiger charge is 2.47. The number of benzene rings is 1. The van der Waals surface area contributed by atoms with Crippen molar-refractivity contribution in [3.63, 3.8) is 0 Å². The summed E-state index contributed by atoms with van der Waals surface area (Å²) in [6, 6.07) is 8.87. The monoisotopic (exact) mass is 485 g/mol. The van der Waals surface area contributed by atoms with Crippen molar-refractivity contribution in [2.75, 3.05) is 19.6 Å². The molecule has 35 heavy (non-hydrogen) atoms. The predicted molar refractivity (Wildman–Crippen MR) is 128 cm³/mol. The van der Waals surface area contributed by atoms with E-state index < -0.39 is 11.6 Å². The van der Waals surface area contributed by atoms with Crippen molar-refractivity contribution in [3.8, 4) is 0 Å². The summed E-state index contributed by atoms with van der Waals surface area (Å²) in [5.41, 5.74) is 0.417. The molecule has 0 saturated carbocycles. The van der Waals surface area contributed by atoms with E-state index in [1.165, 1.54) is 5.06 Å². The molecule has 3 aliphatic heterocycles. The van der Waals surface area contributed by atoms with E-state index >= 15 is 0 Å². The second-order valence-corrected chi connectivity index (χ2v) is 10.4. The molecule has 2 bridgehead atoms. The van der Waals surface area contributed by atoms with Crippen molar-refractivity contribution in [3.05, 3.63) is 35.9 Å². The summed E-state index contributed by atoms with van der Waals surface area (Å²) in [6.07, 6.45) is 1.95. The van der Waals surface area contributed by atoms with Crippen LogP contribution in [0.4, 0.5) is 9.59 Å². The summed E-state index contributed by atoms with van der Waals surface area (Å²) in [5, 5.41) is 12.7. The number of hydrogen-bond donors (Lipinski definition) is 2. The van der Waals surface area contributed by atoms with Gasteiger partial charge in [-0.15, -0.1) is 0 Å². The van der Waals surface area contributed by atoms with Crippen molar-refractivity contribution in [1.29, 1.82) is 5.41 Å². The third-order valence-corrected chi connectivity index (χ3v) is 6.64. The molecule has 1 aromatic rings. The van der Waals surface area contributed by atoms with E-state index in [1.807, 2.05) is 51.1 Å². The summed E-state index contributed by atoms with van der Waals surface area (Å²) in [5.74, 6) is -0.476. The molecule has 0 unspecified atom stereocenters. The van der Waals surface area contributed by atoms with Crippen molar-refractivity contribution >= 4 is 23.9 Å². The van der Waals surface area contributed by atoms with Crippen LogP contribution in [0.2, 0.25) is 0 Å². The standard InChI is InChI=1S/C25H35N5O5/c1-25(2,3)35-24(33)28-13-11-18(12-14-28)22(31)27-21(26)20-10-9-19-15-29(20)23(32)30(19)34-16-17-7-5-4-6-8-17/h4-8,18-20H,9-16H2,1-3H3,(H2,26,27,31)/t19-,20+/m1/s1. The number of amidine groups is 1. The van der Waals surface area contributed by atoms with Gasteiger partial charge in [0.2, 0.25) is 5.91 Å². The molecular weight excluding hydrogens is 450 g/mol. The third kappa shape index (κ3) is 5.93. The number of nitrogens with zero attached hydrogens (tertiary/aromatic N) is 3. The molecule has 0 radical (unpaired) electrons. The highest BCUT2D eigenvalue weighted by Crippen LogP contribution is 2.31. The molecule has 4 rings (SSSR count). The molecule has 10 nitrogen and oxygen atoms in total. The molecule has 1 aromatic carbocycles. The van der Waals surface area contributed by atoms with Crippen molar-refractivity contribution in [1.82, 2.24) is 20.2 Å². The van der Waals surface area contributed by atoms with Gasteiger partial charge in [-0.3, -0.25) is 15.0 Å². The Morgan fingerprint density at radius 2 is 1.77 bits per heavy atom. The first-order valence-corrected chi connectivity index (χ1v) is 12.3. The van der Waals surface area contributed by atoms with Crippen molar-refractivity contribution in [2.24, 2.45) is 5.92 Å². The lowest BCUT2D eigenvalue weighted by atomic mass is 9.95. The largest absolute Gasteiger partial charge is 0.444 e. The molecule has 4 amide bonds. The Morgan fingerprint density at radius 1 is 1.09 bits per heavy atom. The summed E-state index contributed by atoms with van der Waals surface area (Å²) in [6.45, 7) is 7.12. The van der Waals surface area contributed by atoms with E-state index in [0.717, 1.165) is 5.56 Å². The first-order chi connectivity index (χ1) is 16.6. The van der Waals surface area contributed by atoms with Gasteiger partial charge in [0.1, 0.15) is 18.0 Å². The van der Waals surface area contributed by atoms with Crippen LogP contribution in [0.3, 0.4) is 0 Å². The Kier molecular flexibility index (Phi) is 7.30. The number of fused-ring (bicyclic) bond motifs is 2. The van der Waals surface area contributed by atoms with E-state index in [4.69, 9.17) is 15.0 Å². The molecule has 0 spiro atoms. The molecule has 3 fully saturated rings. The smallest absolute Gasteiger partial charge is 0.410 e. The van der Waals surface area contributed by atoms with Crippen LogP contribution in [-0.4, -0.2) is 76.0 Å². The number of carbonyl (C=O) groups excluding carboxylic acids is 3. The summed E-state index contributed by atoms with van der Waals surface area (Å²) < 4.78 is 5.41. The lowest BCUT2D eigenvalue weighted by Gasteiger charge is -2.34. The number of amides is 4. The van der Waals surface area contributed by atoms with Gasteiger partial charge in [-0.25, -0.2) is 9.59 Å². The fraction of sp³-hybridized carbons (Fsp3) is 0.600. The molecule has 10 heteroatoms. The molecule has 2 atom stereocenters. The van der Waals surface area contributed by atoms with Crippen LogP contribution in [0.15, 0.2) is 30.3 Å². The van der Waals surface area contributed by atoms with E-state index in [9.17, 15) is 14.4 Å². The normalized spacial score (nSPS) is 22.8. The van der Waals surface area contributed by atoms with Gasteiger partial charge in [-0.1, -0.05) is 30.3 Å². The molecule has 3 aliphatic rings. The van der Waals surface area contributed by atoms with E-state index in [2.05, 4.69) is 5.32 Å². The molecular formula is C25H35N5O5. The van der Waals surface area contributed by atoms with Crippen LogP contribution in [0.1, 0.15) is 52.0 Å². The maximum absolute atomic E-state index is 13.0. The Hall–Kier alpha value is -3.14. The van der Waals surface area contributed by atoms with Crippen LogP contribution in [0.5, 0.6) is 0 Å². The quantitative estimate of drug-likeness (QED) is 0.491. The van der Waals surface area contributed by atoms with Gasteiger partial charge in [0.25, 0.3) is 0 Å². The molecule has 0 aliphatic carbocycles. The number of hydroxylamine groups is 2. The van der Waals surface area contributed by atoms with E-state index in [0.29, 0.717) is 51.9 Å². The Labute approximate surface area is 206 Å². The van der Waals surface area contributed by atoms with Crippen LogP contribution >= 0.6 is 0 Å². The topological polar surface area (TPSA) is 115 Å². The zero-order chi connectivity index (χ0) is 25.2. The second kappa shape index (κ2) is 10.2. The van der Waals surface area contributed by atoms with Crippen LogP contribution < -0.4 is 5.32 Å². The number of hydrogen-bond acceptors (Lipinski definition) is 6. The summed E-state index contributed by atoms with van der Waals surface area (Å²) >= 11 is 0. The lowest BCUT2D eigenvalue weighted by molar-refractivity contribution is -0.140. The highest BCUT2D eigenvalue weighted by molar-refractivity contribution is 6.01. The lowest BCUT2D eigenvalue weighted by Crippen LogP contribution is -2.52. The van der Waals surface area contributed by atoms with Gasteiger partial charge in [0.15, 0.2) is 0 Å². The second-order valence-electron chi connectivity index (χ2n) is 10.4. The van der Waals surface area contributed by atoms with Crippen LogP contribution in [0, 0.1) is 11.3 Å². The highest BCUT2D eigenvalue weighted by atomic mass is 16.7. The molecule has 2 N–H and O–H groups in total. The van der Waals surface area contributed by atoms with Crippen molar-refractivity contribution < 1.29 is 24.0 Å². The minimum Gasteiger partial charge on any atom is -0.444 e. The fourth-order valence-corrected chi connectivity index (χ4v) is 4.79.